The molecule has 0 fully saturated rings. The van der Waals surface area contributed by atoms with Crippen molar-refractivity contribution < 1.29 is 23.8 Å². The molecular weight excluding hydrogens is 545 g/mol. The molecule has 42 heavy (non-hydrogen) atoms. The zero-order chi connectivity index (χ0) is 29.8. The number of azide groups is 2. The Morgan fingerprint density at radius 1 is 1.05 bits per heavy atom. The van der Waals surface area contributed by atoms with Crippen LogP contribution in [0.3, 0.4) is 0 Å². The van der Waals surface area contributed by atoms with Gasteiger partial charge in [-0.15, -0.1) is 0 Å². The van der Waals surface area contributed by atoms with Crippen molar-refractivity contribution in [1.82, 2.24) is 10.9 Å². The smallest absolute Gasteiger partial charge is 0.266 e. The second kappa shape index (κ2) is 14.5. The molecule has 3 N–H and O–H groups in total. The van der Waals surface area contributed by atoms with Crippen molar-refractivity contribution in [1.29, 1.82) is 0 Å². The molecule has 0 spiro atoms. The fraction of sp³-hybridized carbons (Fsp3) is 0.286. The maximum Gasteiger partial charge on any atom is 0.266 e. The number of hydrogen-bond donors (Lipinski definition) is 3. The van der Waals surface area contributed by atoms with Crippen molar-refractivity contribution in [2.75, 3.05) is 26.4 Å². The molecule has 0 aliphatic carbocycles. The lowest BCUT2D eigenvalue weighted by atomic mass is 9.81. The van der Waals surface area contributed by atoms with Gasteiger partial charge < -0.3 is 14.6 Å². The Hall–Kier alpha value is -5.13. The largest absolute Gasteiger partial charge is 0.494 e. The summed E-state index contributed by atoms with van der Waals surface area (Å²) in [6, 6.07) is 20.2. The van der Waals surface area contributed by atoms with Gasteiger partial charge in [0, 0.05) is 58.3 Å². The molecule has 1 aliphatic heterocycles. The molecule has 0 saturated carbocycles. The maximum atomic E-state index is 14.0. The van der Waals surface area contributed by atoms with Gasteiger partial charge in [-0.1, -0.05) is 58.8 Å². The minimum Gasteiger partial charge on any atom is -0.494 e. The van der Waals surface area contributed by atoms with Gasteiger partial charge >= 0.3 is 0 Å². The standard InChI is InChI=1S/C28H28FN9O4/c29-14-15-32-36-27(40)28(18-20-6-1-3-8-23(20)34-37-30)25(22-7-2-4-9-24(22)35-38-31)42-26(33-28)19-10-12-21(13-11-19)41-17-5-16-39/h1-4,6-13,25,32,39H,5,14-18H2,(H,36,40)/t25-,28-/m0/s1. The summed E-state index contributed by atoms with van der Waals surface area (Å²) in [4.78, 5) is 24.7. The summed E-state index contributed by atoms with van der Waals surface area (Å²) in [6.45, 7) is -0.528. The molecule has 216 valence electrons. The first-order valence-corrected chi connectivity index (χ1v) is 13.0. The SMILES string of the molecule is [N-]=[N+]=Nc1ccccc1C[C@]1(C(=O)NNCCF)N=C(c2ccc(OCCCO)cc2)O[C@H]1c1ccccc1N=[N+]=[N-]. The number of aliphatic hydroxyl groups excluding tert-OH is 1. The Morgan fingerprint density at radius 3 is 2.45 bits per heavy atom. The molecule has 0 unspecified atom stereocenters. The molecule has 0 radical (unpaired) electrons. The van der Waals surface area contributed by atoms with Gasteiger partial charge in [0.2, 0.25) is 5.90 Å². The van der Waals surface area contributed by atoms with Crippen LogP contribution in [-0.2, 0) is 16.0 Å². The van der Waals surface area contributed by atoms with E-state index in [0.717, 1.165) is 0 Å². The van der Waals surface area contributed by atoms with E-state index in [-0.39, 0.29) is 31.2 Å². The molecule has 3 aromatic carbocycles. The van der Waals surface area contributed by atoms with Crippen molar-refractivity contribution in [3.8, 4) is 5.75 Å². The average molecular weight is 574 g/mol. The van der Waals surface area contributed by atoms with Crippen molar-refractivity contribution in [2.24, 2.45) is 15.2 Å². The molecule has 0 aromatic heterocycles. The highest BCUT2D eigenvalue weighted by Gasteiger charge is 2.54. The summed E-state index contributed by atoms with van der Waals surface area (Å²) in [6.07, 6.45) is -0.720. The van der Waals surface area contributed by atoms with E-state index < -0.39 is 24.2 Å². The Labute approximate surface area is 240 Å². The molecule has 1 aliphatic rings. The van der Waals surface area contributed by atoms with E-state index in [9.17, 15) is 14.7 Å². The van der Waals surface area contributed by atoms with Crippen LogP contribution < -0.4 is 15.6 Å². The van der Waals surface area contributed by atoms with E-state index in [0.29, 0.717) is 41.2 Å². The van der Waals surface area contributed by atoms with Crippen molar-refractivity contribution in [3.63, 3.8) is 0 Å². The number of alkyl halides is 1. The first kappa shape index (κ1) is 29.8. The summed E-state index contributed by atoms with van der Waals surface area (Å²) in [5.41, 5.74) is 23.7. The van der Waals surface area contributed by atoms with Crippen LogP contribution in [0.5, 0.6) is 5.75 Å². The molecule has 14 heteroatoms. The van der Waals surface area contributed by atoms with Crippen LogP contribution in [0.2, 0.25) is 0 Å². The Bertz CT molecular complexity index is 1520. The Balaban J connectivity index is 1.87. The molecule has 0 bridgehead atoms. The quantitative estimate of drug-likeness (QED) is 0.0761. The molecule has 4 rings (SSSR count). The number of amides is 1. The molecule has 13 nitrogen and oxygen atoms in total. The zero-order valence-corrected chi connectivity index (χ0v) is 22.4. The van der Waals surface area contributed by atoms with E-state index in [1.54, 1.807) is 72.8 Å². The van der Waals surface area contributed by atoms with Gasteiger partial charge in [-0.05, 0) is 40.9 Å². The summed E-state index contributed by atoms with van der Waals surface area (Å²) in [7, 11) is 0. The van der Waals surface area contributed by atoms with Crippen molar-refractivity contribution >= 4 is 23.2 Å². The van der Waals surface area contributed by atoms with Gasteiger partial charge in [0.05, 0.1) is 6.61 Å². The normalized spacial score (nSPS) is 17.3. The highest BCUT2D eigenvalue weighted by molar-refractivity contribution is 6.01. The molecule has 1 amide bonds. The average Bonchev–Trinajstić information content (AvgIpc) is 3.39. The molecule has 2 atom stereocenters. The van der Waals surface area contributed by atoms with Crippen LogP contribution in [-0.4, -0.2) is 48.9 Å². The Kier molecular flexibility index (Phi) is 10.3. The predicted molar refractivity (Wildman–Crippen MR) is 153 cm³/mol. The topological polar surface area (TPSA) is 190 Å². The fourth-order valence-corrected chi connectivity index (χ4v) is 4.50. The number of hydrazine groups is 1. The van der Waals surface area contributed by atoms with Gasteiger partial charge in [-0.3, -0.25) is 10.2 Å². The van der Waals surface area contributed by atoms with E-state index in [4.69, 9.17) is 25.1 Å². The van der Waals surface area contributed by atoms with Crippen LogP contribution in [0.1, 0.15) is 29.2 Å². The number of nitrogens with zero attached hydrogens (tertiary/aromatic N) is 7. The van der Waals surface area contributed by atoms with Gasteiger partial charge in [-0.25, -0.2) is 14.8 Å². The third kappa shape index (κ3) is 6.77. The van der Waals surface area contributed by atoms with E-state index in [2.05, 4.69) is 30.9 Å². The monoisotopic (exact) mass is 573 g/mol. The molecular formula is C28H28FN9O4. The van der Waals surface area contributed by atoms with Crippen LogP contribution in [0, 0.1) is 0 Å². The molecule has 0 saturated heterocycles. The van der Waals surface area contributed by atoms with Crippen molar-refractivity contribution in [2.45, 2.75) is 24.5 Å². The number of halogens is 1. The number of carbonyl (C=O) groups is 1. The van der Waals surface area contributed by atoms with E-state index in [1.807, 2.05) is 0 Å². The van der Waals surface area contributed by atoms with Crippen LogP contribution in [0.4, 0.5) is 15.8 Å². The number of ether oxygens (including phenoxy) is 2. The minimum atomic E-state index is -1.73. The first-order chi connectivity index (χ1) is 20.6. The van der Waals surface area contributed by atoms with Gasteiger partial charge in [0.25, 0.3) is 5.91 Å². The number of nitrogens with one attached hydrogen (secondary N) is 2. The third-order valence-electron chi connectivity index (χ3n) is 6.43. The summed E-state index contributed by atoms with van der Waals surface area (Å²) < 4.78 is 24.9. The summed E-state index contributed by atoms with van der Waals surface area (Å²) in [5, 5.41) is 16.6. The predicted octanol–water partition coefficient (Wildman–Crippen LogP) is 5.42. The van der Waals surface area contributed by atoms with E-state index >= 15 is 0 Å². The maximum absolute atomic E-state index is 14.0. The van der Waals surface area contributed by atoms with Gasteiger partial charge in [0.15, 0.2) is 11.6 Å². The second-order valence-electron chi connectivity index (χ2n) is 9.10. The minimum absolute atomic E-state index is 0.00851. The van der Waals surface area contributed by atoms with Crippen molar-refractivity contribution in [3.05, 3.63) is 110 Å². The van der Waals surface area contributed by atoms with Gasteiger partial charge in [0.1, 0.15) is 12.4 Å². The zero-order valence-electron chi connectivity index (χ0n) is 22.4. The molecule has 3 aromatic rings. The number of rotatable bonds is 14. The van der Waals surface area contributed by atoms with Crippen LogP contribution >= 0.6 is 0 Å². The summed E-state index contributed by atoms with van der Waals surface area (Å²) >= 11 is 0. The highest BCUT2D eigenvalue weighted by atomic mass is 19.1. The van der Waals surface area contributed by atoms with Crippen LogP contribution in [0.15, 0.2) is 88.0 Å². The summed E-state index contributed by atoms with van der Waals surface area (Å²) in [5.74, 6) is 0.0460. The lowest BCUT2D eigenvalue weighted by molar-refractivity contribution is -0.130. The van der Waals surface area contributed by atoms with Crippen LogP contribution in [0.25, 0.3) is 20.9 Å². The third-order valence-corrected chi connectivity index (χ3v) is 6.43. The van der Waals surface area contributed by atoms with E-state index in [1.165, 1.54) is 0 Å². The number of hydrogen-bond acceptors (Lipinski definition) is 8. The lowest BCUT2D eigenvalue weighted by Crippen LogP contribution is -2.54. The number of carbonyl (C=O) groups excluding carboxylic acids is 1. The highest BCUT2D eigenvalue weighted by Crippen LogP contribution is 2.46. The number of benzene rings is 3. The number of aliphatic imine (C=N–C) groups is 1. The first-order valence-electron chi connectivity index (χ1n) is 13.0. The lowest BCUT2D eigenvalue weighted by Gasteiger charge is -2.31. The number of aliphatic hydroxyl groups is 1. The molecule has 1 heterocycles. The second-order valence-corrected chi connectivity index (χ2v) is 9.10. The Morgan fingerprint density at radius 2 is 1.74 bits per heavy atom. The fourth-order valence-electron chi connectivity index (χ4n) is 4.50. The van der Waals surface area contributed by atoms with Gasteiger partial charge in [-0.2, -0.15) is 0 Å².